The Morgan fingerprint density at radius 1 is 1.33 bits per heavy atom. The smallest absolute Gasteiger partial charge is 0.310 e. The lowest BCUT2D eigenvalue weighted by molar-refractivity contribution is -0.146. The van der Waals surface area contributed by atoms with Crippen LogP contribution in [0.1, 0.15) is 15.9 Å². The number of aliphatic carboxylic acids is 1. The maximum Gasteiger partial charge on any atom is 0.310 e. The van der Waals surface area contributed by atoms with Crippen molar-refractivity contribution >= 4 is 11.9 Å². The third-order valence-electron chi connectivity index (χ3n) is 3.02. The zero-order valence-corrected chi connectivity index (χ0v) is 9.61. The van der Waals surface area contributed by atoms with Crippen LogP contribution in [0.25, 0.3) is 0 Å². The molecule has 0 spiro atoms. The number of carbonyl (C=O) groups excluding carboxylic acids is 1. The lowest BCUT2D eigenvalue weighted by Gasteiger charge is -2.36. The molecule has 2 rings (SSSR count). The third-order valence-corrected chi connectivity index (χ3v) is 3.02. The van der Waals surface area contributed by atoms with E-state index in [4.69, 9.17) is 5.11 Å². The molecule has 6 heteroatoms. The fourth-order valence-electron chi connectivity index (χ4n) is 1.81. The topological polar surface area (TPSA) is 57.6 Å². The average Bonchev–Trinajstić information content (AvgIpc) is 2.21. The van der Waals surface area contributed by atoms with Crippen LogP contribution in [0.3, 0.4) is 0 Å². The van der Waals surface area contributed by atoms with E-state index in [0.29, 0.717) is 0 Å². The number of likely N-dealkylation sites (tertiary alicyclic amines) is 1. The predicted octanol–water partition coefficient (Wildman–Crippen LogP) is 1.43. The van der Waals surface area contributed by atoms with E-state index >= 15 is 0 Å². The normalized spacial score (nSPS) is 15.4. The van der Waals surface area contributed by atoms with E-state index in [0.717, 1.165) is 11.0 Å². The van der Waals surface area contributed by atoms with Crippen LogP contribution < -0.4 is 0 Å². The number of rotatable bonds is 2. The van der Waals surface area contributed by atoms with E-state index < -0.39 is 35.0 Å². The van der Waals surface area contributed by atoms with E-state index in [1.54, 1.807) is 0 Å². The SMILES string of the molecule is Cc1ccc(F)c(C(=O)N2CC(C(=O)O)C2)c1F. The Bertz CT molecular complexity index is 524. The quantitative estimate of drug-likeness (QED) is 0.869. The van der Waals surface area contributed by atoms with Crippen LogP contribution in [0.5, 0.6) is 0 Å². The van der Waals surface area contributed by atoms with Gasteiger partial charge in [-0.25, -0.2) is 8.78 Å². The van der Waals surface area contributed by atoms with Gasteiger partial charge in [0.15, 0.2) is 0 Å². The minimum Gasteiger partial charge on any atom is -0.481 e. The maximum atomic E-state index is 13.7. The van der Waals surface area contributed by atoms with Crippen LogP contribution >= 0.6 is 0 Å². The first-order chi connectivity index (χ1) is 8.41. The zero-order valence-electron chi connectivity index (χ0n) is 9.61. The fourth-order valence-corrected chi connectivity index (χ4v) is 1.81. The van der Waals surface area contributed by atoms with E-state index in [2.05, 4.69) is 0 Å². The third kappa shape index (κ3) is 1.94. The number of hydrogen-bond acceptors (Lipinski definition) is 2. The summed E-state index contributed by atoms with van der Waals surface area (Å²) < 4.78 is 27.1. The Kier molecular flexibility index (Phi) is 3.02. The first-order valence-corrected chi connectivity index (χ1v) is 5.38. The minimum atomic E-state index is -1.01. The highest BCUT2D eigenvalue weighted by atomic mass is 19.1. The van der Waals surface area contributed by atoms with Crippen LogP contribution in [-0.2, 0) is 4.79 Å². The molecule has 1 aromatic carbocycles. The Morgan fingerprint density at radius 2 is 1.94 bits per heavy atom. The minimum absolute atomic E-state index is 0.0129. The van der Waals surface area contributed by atoms with Crippen LogP contribution in [0.4, 0.5) is 8.78 Å². The summed E-state index contributed by atoms with van der Waals surface area (Å²) >= 11 is 0. The zero-order chi connectivity index (χ0) is 13.4. The summed E-state index contributed by atoms with van der Waals surface area (Å²) in [7, 11) is 0. The van der Waals surface area contributed by atoms with Gasteiger partial charge >= 0.3 is 5.97 Å². The summed E-state index contributed by atoms with van der Waals surface area (Å²) in [6, 6.07) is 2.28. The first kappa shape index (κ1) is 12.5. The van der Waals surface area contributed by atoms with E-state index in [9.17, 15) is 18.4 Å². The van der Waals surface area contributed by atoms with Crippen molar-refractivity contribution in [1.82, 2.24) is 4.90 Å². The Morgan fingerprint density at radius 3 is 2.50 bits per heavy atom. The number of carboxylic acid groups (broad SMARTS) is 1. The number of nitrogens with zero attached hydrogens (tertiary/aromatic N) is 1. The monoisotopic (exact) mass is 255 g/mol. The molecule has 0 aromatic heterocycles. The fraction of sp³-hybridized carbons (Fsp3) is 0.333. The Hall–Kier alpha value is -1.98. The van der Waals surface area contributed by atoms with Gasteiger partial charge in [-0.1, -0.05) is 6.07 Å². The number of benzene rings is 1. The van der Waals surface area contributed by atoms with Gasteiger partial charge in [-0.2, -0.15) is 0 Å². The van der Waals surface area contributed by atoms with Gasteiger partial charge in [0.05, 0.1) is 5.92 Å². The molecule has 0 saturated carbocycles. The molecule has 1 amide bonds. The molecule has 0 unspecified atom stereocenters. The standard InChI is InChI=1S/C12H11F2NO3/c1-6-2-3-8(13)9(10(6)14)11(16)15-4-7(5-15)12(17)18/h2-3,7H,4-5H2,1H3,(H,17,18). The second-order valence-corrected chi connectivity index (χ2v) is 4.30. The van der Waals surface area contributed by atoms with Crippen molar-refractivity contribution in [3.8, 4) is 0 Å². The molecular formula is C12H11F2NO3. The van der Waals surface area contributed by atoms with E-state index in [1.807, 2.05) is 0 Å². The molecule has 4 nitrogen and oxygen atoms in total. The van der Waals surface area contributed by atoms with E-state index in [1.165, 1.54) is 13.0 Å². The number of carbonyl (C=O) groups is 2. The van der Waals surface area contributed by atoms with Gasteiger partial charge in [0.2, 0.25) is 0 Å². The summed E-state index contributed by atoms with van der Waals surface area (Å²) in [6.45, 7) is 1.41. The molecule has 1 aromatic rings. The highest BCUT2D eigenvalue weighted by molar-refractivity contribution is 5.96. The lowest BCUT2D eigenvalue weighted by atomic mass is 9.98. The Balaban J connectivity index is 2.21. The van der Waals surface area contributed by atoms with Gasteiger partial charge in [-0.05, 0) is 18.6 Å². The average molecular weight is 255 g/mol. The Labute approximate surface area is 102 Å². The van der Waals surface area contributed by atoms with Gasteiger partial charge in [0.1, 0.15) is 17.2 Å². The van der Waals surface area contributed by atoms with Crippen LogP contribution in [0.15, 0.2) is 12.1 Å². The van der Waals surface area contributed by atoms with Crippen LogP contribution in [0.2, 0.25) is 0 Å². The van der Waals surface area contributed by atoms with Crippen LogP contribution in [0, 0.1) is 24.5 Å². The van der Waals surface area contributed by atoms with Gasteiger partial charge < -0.3 is 10.0 Å². The second-order valence-electron chi connectivity index (χ2n) is 4.30. The summed E-state index contributed by atoms with van der Waals surface area (Å²) in [6.07, 6.45) is 0. The summed E-state index contributed by atoms with van der Waals surface area (Å²) in [5.41, 5.74) is -0.436. The van der Waals surface area contributed by atoms with Crippen molar-refractivity contribution in [2.24, 2.45) is 5.92 Å². The number of amides is 1. The largest absolute Gasteiger partial charge is 0.481 e. The second kappa shape index (κ2) is 4.36. The predicted molar refractivity (Wildman–Crippen MR) is 58.1 cm³/mol. The van der Waals surface area contributed by atoms with Gasteiger partial charge in [-0.15, -0.1) is 0 Å². The molecular weight excluding hydrogens is 244 g/mol. The first-order valence-electron chi connectivity index (χ1n) is 5.38. The summed E-state index contributed by atoms with van der Waals surface area (Å²) in [5, 5.41) is 8.67. The number of aryl methyl sites for hydroxylation is 1. The number of carboxylic acids is 1. The molecule has 0 atom stereocenters. The molecule has 1 N–H and O–H groups in total. The molecule has 1 saturated heterocycles. The van der Waals surface area contributed by atoms with E-state index in [-0.39, 0.29) is 18.7 Å². The van der Waals surface area contributed by atoms with Crippen molar-refractivity contribution in [2.45, 2.75) is 6.92 Å². The molecule has 1 aliphatic heterocycles. The van der Waals surface area contributed by atoms with Gasteiger partial charge in [0, 0.05) is 13.1 Å². The molecule has 1 aliphatic rings. The highest BCUT2D eigenvalue weighted by Crippen LogP contribution is 2.23. The molecule has 0 radical (unpaired) electrons. The van der Waals surface area contributed by atoms with Gasteiger partial charge in [0.25, 0.3) is 5.91 Å². The van der Waals surface area contributed by atoms with Crippen molar-refractivity contribution in [2.75, 3.05) is 13.1 Å². The van der Waals surface area contributed by atoms with Crippen molar-refractivity contribution in [3.05, 3.63) is 34.9 Å². The summed E-state index contributed by atoms with van der Waals surface area (Å²) in [5.74, 6) is -4.28. The molecule has 18 heavy (non-hydrogen) atoms. The molecule has 1 heterocycles. The number of hydrogen-bond donors (Lipinski definition) is 1. The van der Waals surface area contributed by atoms with Crippen molar-refractivity contribution in [1.29, 1.82) is 0 Å². The van der Waals surface area contributed by atoms with Crippen molar-refractivity contribution in [3.63, 3.8) is 0 Å². The molecule has 96 valence electrons. The van der Waals surface area contributed by atoms with Crippen LogP contribution in [-0.4, -0.2) is 35.0 Å². The highest BCUT2D eigenvalue weighted by Gasteiger charge is 2.37. The number of halogens is 2. The maximum absolute atomic E-state index is 13.7. The molecule has 0 aliphatic carbocycles. The molecule has 1 fully saturated rings. The summed E-state index contributed by atoms with van der Waals surface area (Å²) in [4.78, 5) is 23.6. The molecule has 0 bridgehead atoms. The van der Waals surface area contributed by atoms with Crippen molar-refractivity contribution < 1.29 is 23.5 Å². The lowest BCUT2D eigenvalue weighted by Crippen LogP contribution is -2.53. The van der Waals surface area contributed by atoms with Gasteiger partial charge in [-0.3, -0.25) is 9.59 Å².